The van der Waals surface area contributed by atoms with Gasteiger partial charge >= 0.3 is 5.97 Å². The molecule has 0 aliphatic carbocycles. The molecule has 25 heavy (non-hydrogen) atoms. The minimum absolute atomic E-state index is 0.219. The van der Waals surface area contributed by atoms with Crippen molar-refractivity contribution in [3.05, 3.63) is 71.3 Å². The third-order valence-electron chi connectivity index (χ3n) is 4.17. The number of benzene rings is 2. The van der Waals surface area contributed by atoms with E-state index < -0.39 is 23.0 Å². The van der Waals surface area contributed by atoms with E-state index in [1.807, 2.05) is 34.6 Å². The summed E-state index contributed by atoms with van der Waals surface area (Å²) in [6.45, 7) is 2.17. The summed E-state index contributed by atoms with van der Waals surface area (Å²) in [6, 6.07) is 15.3. The molecule has 0 spiro atoms. The fourth-order valence-electron chi connectivity index (χ4n) is 2.69. The number of hydrogen-bond donors (Lipinski definition) is 1. The Morgan fingerprint density at radius 3 is 2.28 bits per heavy atom. The van der Waals surface area contributed by atoms with Crippen molar-refractivity contribution in [3.8, 4) is 0 Å². The minimum Gasteiger partial charge on any atom is -0.478 e. The zero-order chi connectivity index (χ0) is 18.0. The lowest BCUT2D eigenvalue weighted by molar-refractivity contribution is -0.139. The normalized spacial score (nSPS) is 21.3. The Balaban J connectivity index is 1.81. The van der Waals surface area contributed by atoms with Gasteiger partial charge in [0, 0.05) is 6.54 Å². The van der Waals surface area contributed by atoms with Crippen LogP contribution in [0.3, 0.4) is 0 Å². The third kappa shape index (κ3) is 3.65. The molecule has 1 N–H and O–H groups in total. The number of nitrogens with zero attached hydrogens (tertiary/aromatic N) is 1. The van der Waals surface area contributed by atoms with Crippen LogP contribution in [0, 0.1) is 0 Å². The Hall–Kier alpha value is -2.44. The van der Waals surface area contributed by atoms with Crippen molar-refractivity contribution in [1.82, 2.24) is 4.31 Å². The number of carbonyl (C=O) groups is 3. The van der Waals surface area contributed by atoms with Gasteiger partial charge in [0.2, 0.25) is 11.6 Å². The Labute approximate surface area is 149 Å². The molecule has 1 aliphatic heterocycles. The van der Waals surface area contributed by atoms with E-state index in [1.165, 1.54) is 11.9 Å². The number of rotatable bonds is 4. The van der Waals surface area contributed by atoms with Crippen LogP contribution < -0.4 is 0 Å². The van der Waals surface area contributed by atoms with Gasteiger partial charge in [0.1, 0.15) is 5.25 Å². The molecular weight excluding hydrogens is 338 g/mol. The fraction of sp³-hybridized carbons (Fsp3) is 0.211. The molecule has 1 aliphatic rings. The molecule has 0 radical (unpaired) electrons. The number of carboxylic acid groups (broad SMARTS) is 1. The molecule has 1 saturated heterocycles. The van der Waals surface area contributed by atoms with E-state index in [2.05, 4.69) is 0 Å². The summed E-state index contributed by atoms with van der Waals surface area (Å²) in [7, 11) is 0. The molecular formula is C19H17NO4S. The molecule has 3 rings (SSSR count). The first-order valence-corrected chi connectivity index (χ1v) is 8.69. The van der Waals surface area contributed by atoms with E-state index in [0.29, 0.717) is 6.54 Å². The van der Waals surface area contributed by atoms with Crippen LogP contribution in [-0.4, -0.2) is 33.0 Å². The summed E-state index contributed by atoms with van der Waals surface area (Å²) in [6.07, 6.45) is 0. The molecule has 2 atom stereocenters. The molecule has 2 aromatic rings. The van der Waals surface area contributed by atoms with Crippen LogP contribution in [0.5, 0.6) is 0 Å². The number of ketones is 2. The summed E-state index contributed by atoms with van der Waals surface area (Å²) < 4.78 is 1.89. The van der Waals surface area contributed by atoms with E-state index in [4.69, 9.17) is 5.11 Å². The van der Waals surface area contributed by atoms with Crippen molar-refractivity contribution < 1.29 is 19.5 Å². The first kappa shape index (κ1) is 17.4. The van der Waals surface area contributed by atoms with Crippen LogP contribution in [-0.2, 0) is 16.1 Å². The highest BCUT2D eigenvalue weighted by atomic mass is 32.2. The SMILES string of the molecule is C[C@H]1C(=O)C(=O)C(c2ccccc2)SN1Cc1ccc(C(=O)O)cc1. The monoisotopic (exact) mass is 355 g/mol. The average molecular weight is 355 g/mol. The maximum Gasteiger partial charge on any atom is 0.335 e. The summed E-state index contributed by atoms with van der Waals surface area (Å²) in [5.41, 5.74) is 1.92. The standard InChI is InChI=1S/C19H17NO4S/c1-12-16(21)17(22)18(14-5-3-2-4-6-14)25-20(12)11-13-7-9-15(10-8-13)19(23)24/h2-10,12,18H,11H2,1H3,(H,23,24)/t12-,18?/m0/s1. The van der Waals surface area contributed by atoms with Gasteiger partial charge in [-0.25, -0.2) is 9.10 Å². The molecule has 1 fully saturated rings. The lowest BCUT2D eigenvalue weighted by Gasteiger charge is -2.34. The lowest BCUT2D eigenvalue weighted by atomic mass is 10.0. The Morgan fingerprint density at radius 1 is 1.04 bits per heavy atom. The molecule has 5 nitrogen and oxygen atoms in total. The minimum atomic E-state index is -0.975. The fourth-order valence-corrected chi connectivity index (χ4v) is 3.95. The first-order chi connectivity index (χ1) is 12.0. The maximum absolute atomic E-state index is 12.4. The zero-order valence-corrected chi connectivity index (χ0v) is 14.4. The summed E-state index contributed by atoms with van der Waals surface area (Å²) in [5, 5.41) is 8.43. The van der Waals surface area contributed by atoms with Crippen LogP contribution in [0.1, 0.15) is 33.7 Å². The second kappa shape index (κ2) is 7.21. The predicted molar refractivity (Wildman–Crippen MR) is 95.2 cm³/mol. The highest BCUT2D eigenvalue weighted by Gasteiger charge is 2.40. The van der Waals surface area contributed by atoms with Crippen LogP contribution in [0.4, 0.5) is 0 Å². The summed E-state index contributed by atoms with van der Waals surface area (Å²) in [5.74, 6) is -1.74. The zero-order valence-electron chi connectivity index (χ0n) is 13.6. The highest BCUT2D eigenvalue weighted by Crippen LogP contribution is 2.39. The topological polar surface area (TPSA) is 74.7 Å². The Kier molecular flexibility index (Phi) is 5.01. The molecule has 0 bridgehead atoms. The average Bonchev–Trinajstić information content (AvgIpc) is 2.63. The van der Waals surface area contributed by atoms with Gasteiger partial charge in [-0.2, -0.15) is 0 Å². The van der Waals surface area contributed by atoms with E-state index in [0.717, 1.165) is 11.1 Å². The lowest BCUT2D eigenvalue weighted by Crippen LogP contribution is -2.45. The largest absolute Gasteiger partial charge is 0.478 e. The van der Waals surface area contributed by atoms with Crippen molar-refractivity contribution in [3.63, 3.8) is 0 Å². The van der Waals surface area contributed by atoms with E-state index in [1.54, 1.807) is 31.2 Å². The van der Waals surface area contributed by atoms with Gasteiger partial charge < -0.3 is 5.11 Å². The van der Waals surface area contributed by atoms with Crippen molar-refractivity contribution in [2.24, 2.45) is 0 Å². The van der Waals surface area contributed by atoms with Crippen molar-refractivity contribution in [1.29, 1.82) is 0 Å². The second-order valence-corrected chi connectivity index (χ2v) is 7.03. The number of carbonyl (C=O) groups excluding carboxylic acids is 2. The molecule has 0 saturated carbocycles. The van der Waals surface area contributed by atoms with Crippen LogP contribution in [0.2, 0.25) is 0 Å². The number of aromatic carboxylic acids is 1. The Morgan fingerprint density at radius 2 is 1.68 bits per heavy atom. The van der Waals surface area contributed by atoms with Gasteiger partial charge in [-0.1, -0.05) is 54.4 Å². The summed E-state index contributed by atoms with van der Waals surface area (Å²) in [4.78, 5) is 35.7. The first-order valence-electron chi connectivity index (χ1n) is 7.86. The van der Waals surface area contributed by atoms with Gasteiger partial charge in [0.15, 0.2) is 0 Å². The van der Waals surface area contributed by atoms with Crippen LogP contribution in [0.15, 0.2) is 54.6 Å². The molecule has 0 amide bonds. The molecule has 6 heteroatoms. The number of Topliss-reactive ketones (excluding diaryl/α,β-unsaturated/α-hetero) is 2. The predicted octanol–water partition coefficient (Wildman–Crippen LogP) is 3.12. The van der Waals surface area contributed by atoms with E-state index >= 15 is 0 Å². The van der Waals surface area contributed by atoms with Crippen LogP contribution in [0.25, 0.3) is 0 Å². The Bertz CT molecular complexity index is 804. The van der Waals surface area contributed by atoms with Gasteiger partial charge in [0.25, 0.3) is 0 Å². The highest BCUT2D eigenvalue weighted by molar-refractivity contribution is 7.98. The maximum atomic E-state index is 12.4. The number of carboxylic acids is 1. The molecule has 1 heterocycles. The third-order valence-corrected chi connectivity index (χ3v) is 5.59. The quantitative estimate of drug-likeness (QED) is 0.671. The molecule has 1 unspecified atom stereocenters. The van der Waals surface area contributed by atoms with Crippen molar-refractivity contribution in [2.45, 2.75) is 24.8 Å². The van der Waals surface area contributed by atoms with E-state index in [-0.39, 0.29) is 11.3 Å². The van der Waals surface area contributed by atoms with Gasteiger partial charge in [-0.3, -0.25) is 9.59 Å². The molecule has 128 valence electrons. The van der Waals surface area contributed by atoms with E-state index in [9.17, 15) is 14.4 Å². The van der Waals surface area contributed by atoms with Gasteiger partial charge in [-0.15, -0.1) is 0 Å². The smallest absolute Gasteiger partial charge is 0.335 e. The summed E-state index contributed by atoms with van der Waals surface area (Å²) >= 11 is 1.36. The second-order valence-electron chi connectivity index (χ2n) is 5.88. The number of hydrogen-bond acceptors (Lipinski definition) is 5. The van der Waals surface area contributed by atoms with Crippen molar-refractivity contribution >= 4 is 29.5 Å². The van der Waals surface area contributed by atoms with Crippen LogP contribution >= 0.6 is 11.9 Å². The van der Waals surface area contributed by atoms with Gasteiger partial charge in [0.05, 0.1) is 11.6 Å². The van der Waals surface area contributed by atoms with Gasteiger partial charge in [-0.05, 0) is 30.2 Å². The molecule has 2 aromatic carbocycles. The van der Waals surface area contributed by atoms with Crippen molar-refractivity contribution in [2.75, 3.05) is 0 Å². The molecule has 0 aromatic heterocycles.